The molecule has 0 spiro atoms. The van der Waals surface area contributed by atoms with Gasteiger partial charge in [0.2, 0.25) is 5.91 Å². The van der Waals surface area contributed by atoms with Crippen LogP contribution in [0.4, 0.5) is 0 Å². The highest BCUT2D eigenvalue weighted by Gasteiger charge is 2.27. The Kier molecular flexibility index (Phi) is 4.46. The van der Waals surface area contributed by atoms with E-state index in [4.69, 9.17) is 4.74 Å². The Morgan fingerprint density at radius 3 is 2.71 bits per heavy atom. The Bertz CT molecular complexity index is 590. The lowest BCUT2D eigenvalue weighted by Crippen LogP contribution is -2.35. The molecule has 21 heavy (non-hydrogen) atoms. The van der Waals surface area contributed by atoms with Gasteiger partial charge in [0.1, 0.15) is 12.4 Å². The molecule has 1 unspecified atom stereocenters. The molecule has 4 heteroatoms. The number of nitrogens with one attached hydrogen (secondary N) is 1. The molecule has 1 amide bonds. The van der Waals surface area contributed by atoms with E-state index < -0.39 is 0 Å². The number of amides is 1. The number of carbonyl (C=O) groups excluding carboxylic acids is 1. The van der Waals surface area contributed by atoms with Gasteiger partial charge in [-0.2, -0.15) is 0 Å². The Balaban J connectivity index is 1.42. The molecule has 1 aliphatic heterocycles. The van der Waals surface area contributed by atoms with Gasteiger partial charge in [0, 0.05) is 4.90 Å². The van der Waals surface area contributed by atoms with Crippen LogP contribution in [0.25, 0.3) is 0 Å². The molecule has 1 N–H and O–H groups in total. The second-order valence-electron chi connectivity index (χ2n) is 4.87. The zero-order valence-electron chi connectivity index (χ0n) is 11.6. The first-order chi connectivity index (χ1) is 10.3. The van der Waals surface area contributed by atoms with Gasteiger partial charge in [-0.25, -0.2) is 0 Å². The summed E-state index contributed by atoms with van der Waals surface area (Å²) in [6, 6.07) is 17.8. The summed E-state index contributed by atoms with van der Waals surface area (Å²) in [5.74, 6) is 0.919. The number of fused-ring (bicyclic) bond motifs is 1. The van der Waals surface area contributed by atoms with Crippen molar-refractivity contribution in [2.24, 2.45) is 0 Å². The van der Waals surface area contributed by atoms with Crippen LogP contribution < -0.4 is 10.1 Å². The number of thioether (sulfide) groups is 1. The molecule has 0 bridgehead atoms. The first-order valence-corrected chi connectivity index (χ1v) is 7.91. The summed E-state index contributed by atoms with van der Waals surface area (Å²) < 4.78 is 5.56. The summed E-state index contributed by atoms with van der Waals surface area (Å²) in [6.45, 7) is 1.02. The number of carbonyl (C=O) groups is 1. The molecule has 1 heterocycles. The van der Waals surface area contributed by atoms with Crippen LogP contribution in [0.1, 0.15) is 5.56 Å². The van der Waals surface area contributed by atoms with E-state index in [1.807, 2.05) is 42.5 Å². The Morgan fingerprint density at radius 1 is 1.14 bits per heavy atom. The van der Waals surface area contributed by atoms with Gasteiger partial charge in [-0.15, -0.1) is 11.8 Å². The maximum absolute atomic E-state index is 12.1. The van der Waals surface area contributed by atoms with Gasteiger partial charge < -0.3 is 10.1 Å². The zero-order chi connectivity index (χ0) is 14.5. The maximum atomic E-state index is 12.1. The van der Waals surface area contributed by atoms with Crippen LogP contribution in [-0.2, 0) is 11.2 Å². The van der Waals surface area contributed by atoms with Gasteiger partial charge in [-0.05, 0) is 30.2 Å². The van der Waals surface area contributed by atoms with Crippen molar-refractivity contribution < 1.29 is 9.53 Å². The molecule has 0 saturated heterocycles. The average molecular weight is 299 g/mol. The molecule has 3 nitrogen and oxygen atoms in total. The van der Waals surface area contributed by atoms with Crippen molar-refractivity contribution in [1.82, 2.24) is 5.32 Å². The normalized spacial score (nSPS) is 16.3. The highest BCUT2D eigenvalue weighted by atomic mass is 32.2. The van der Waals surface area contributed by atoms with E-state index in [1.54, 1.807) is 11.8 Å². The minimum Gasteiger partial charge on any atom is -0.492 e. The lowest BCUT2D eigenvalue weighted by molar-refractivity contribution is -0.120. The second kappa shape index (κ2) is 6.68. The van der Waals surface area contributed by atoms with Gasteiger partial charge >= 0.3 is 0 Å². The first-order valence-electron chi connectivity index (χ1n) is 7.03. The average Bonchev–Trinajstić information content (AvgIpc) is 2.96. The van der Waals surface area contributed by atoms with Gasteiger partial charge in [0.05, 0.1) is 11.8 Å². The van der Waals surface area contributed by atoms with Crippen molar-refractivity contribution in [3.8, 4) is 5.75 Å². The van der Waals surface area contributed by atoms with E-state index in [9.17, 15) is 4.79 Å². The minimum absolute atomic E-state index is 0.0147. The maximum Gasteiger partial charge on any atom is 0.233 e. The summed E-state index contributed by atoms with van der Waals surface area (Å²) in [4.78, 5) is 13.4. The molecule has 1 aliphatic rings. The van der Waals surface area contributed by atoms with Crippen molar-refractivity contribution in [3.63, 3.8) is 0 Å². The van der Waals surface area contributed by atoms with Gasteiger partial charge in [0.15, 0.2) is 0 Å². The van der Waals surface area contributed by atoms with Gasteiger partial charge in [-0.1, -0.05) is 36.4 Å². The molecule has 3 rings (SSSR count). The third-order valence-corrected chi connectivity index (χ3v) is 4.67. The fourth-order valence-corrected chi connectivity index (χ4v) is 3.52. The van der Waals surface area contributed by atoms with Gasteiger partial charge in [0.25, 0.3) is 0 Å². The fourth-order valence-electron chi connectivity index (χ4n) is 2.30. The molecule has 0 aromatic heterocycles. The van der Waals surface area contributed by atoms with E-state index >= 15 is 0 Å². The van der Waals surface area contributed by atoms with Crippen LogP contribution in [0.15, 0.2) is 59.5 Å². The Labute approximate surface area is 128 Å². The third-order valence-electron chi connectivity index (χ3n) is 3.35. The minimum atomic E-state index is -0.0147. The molecule has 2 aromatic carbocycles. The van der Waals surface area contributed by atoms with Crippen LogP contribution >= 0.6 is 11.8 Å². The van der Waals surface area contributed by atoms with Crippen molar-refractivity contribution in [1.29, 1.82) is 0 Å². The highest BCUT2D eigenvalue weighted by molar-refractivity contribution is 8.01. The summed E-state index contributed by atoms with van der Waals surface area (Å²) >= 11 is 1.65. The summed E-state index contributed by atoms with van der Waals surface area (Å²) in [5.41, 5.74) is 1.27. The molecule has 0 radical (unpaired) electrons. The largest absolute Gasteiger partial charge is 0.492 e. The third kappa shape index (κ3) is 3.58. The van der Waals surface area contributed by atoms with Crippen molar-refractivity contribution in [2.75, 3.05) is 13.2 Å². The predicted molar refractivity (Wildman–Crippen MR) is 84.7 cm³/mol. The number of ether oxygens (including phenoxy) is 1. The molecule has 0 fully saturated rings. The number of hydrogen-bond acceptors (Lipinski definition) is 3. The Morgan fingerprint density at radius 2 is 1.90 bits per heavy atom. The van der Waals surface area contributed by atoms with E-state index in [0.29, 0.717) is 13.2 Å². The standard InChI is InChI=1S/C17H17NO2S/c19-17(16-12-13-6-4-5-9-15(13)21-16)18-10-11-20-14-7-2-1-3-8-14/h1-9,16H,10-12H2,(H,18,19). The van der Waals surface area contributed by atoms with Crippen LogP contribution in [-0.4, -0.2) is 24.3 Å². The molecule has 0 aliphatic carbocycles. The number of rotatable bonds is 5. The van der Waals surface area contributed by atoms with Crippen molar-refractivity contribution in [2.45, 2.75) is 16.6 Å². The van der Waals surface area contributed by atoms with Crippen molar-refractivity contribution >= 4 is 17.7 Å². The lowest BCUT2D eigenvalue weighted by atomic mass is 10.1. The topological polar surface area (TPSA) is 38.3 Å². The van der Waals surface area contributed by atoms with E-state index in [0.717, 1.165) is 12.2 Å². The lowest BCUT2D eigenvalue weighted by Gasteiger charge is -2.10. The SMILES string of the molecule is O=C(NCCOc1ccccc1)C1Cc2ccccc2S1. The second-order valence-corrected chi connectivity index (χ2v) is 6.12. The van der Waals surface area contributed by atoms with Crippen molar-refractivity contribution in [3.05, 3.63) is 60.2 Å². The molecular formula is C17H17NO2S. The van der Waals surface area contributed by atoms with Crippen LogP contribution in [0.3, 0.4) is 0 Å². The summed E-state index contributed by atoms with van der Waals surface area (Å²) in [7, 11) is 0. The van der Waals surface area contributed by atoms with E-state index in [1.165, 1.54) is 10.5 Å². The van der Waals surface area contributed by atoms with Crippen LogP contribution in [0.2, 0.25) is 0 Å². The molecule has 2 aromatic rings. The van der Waals surface area contributed by atoms with E-state index in [2.05, 4.69) is 17.4 Å². The number of benzene rings is 2. The quantitative estimate of drug-likeness (QED) is 0.863. The Hall–Kier alpha value is -1.94. The molecule has 108 valence electrons. The molecule has 0 saturated carbocycles. The van der Waals surface area contributed by atoms with Crippen LogP contribution in [0.5, 0.6) is 5.75 Å². The van der Waals surface area contributed by atoms with Gasteiger partial charge in [-0.3, -0.25) is 4.79 Å². The highest BCUT2D eigenvalue weighted by Crippen LogP contribution is 2.36. The fraction of sp³-hybridized carbons (Fsp3) is 0.235. The monoisotopic (exact) mass is 299 g/mol. The number of para-hydroxylation sites is 1. The van der Waals surface area contributed by atoms with Crippen LogP contribution in [0, 0.1) is 0 Å². The zero-order valence-corrected chi connectivity index (χ0v) is 12.4. The first kappa shape index (κ1) is 14.0. The molecular weight excluding hydrogens is 282 g/mol. The molecule has 1 atom stereocenters. The smallest absolute Gasteiger partial charge is 0.233 e. The van der Waals surface area contributed by atoms with E-state index in [-0.39, 0.29) is 11.2 Å². The summed E-state index contributed by atoms with van der Waals surface area (Å²) in [6.07, 6.45) is 0.812. The summed E-state index contributed by atoms with van der Waals surface area (Å²) in [5, 5.41) is 2.93. The predicted octanol–water partition coefficient (Wildman–Crippen LogP) is 2.90. The number of hydrogen-bond donors (Lipinski definition) is 1.